The topological polar surface area (TPSA) is 62.4 Å². The van der Waals surface area contributed by atoms with Crippen molar-refractivity contribution in [1.29, 1.82) is 0 Å². The van der Waals surface area contributed by atoms with Crippen LogP contribution in [0.25, 0.3) is 0 Å². The Morgan fingerprint density at radius 3 is 2.85 bits per heavy atom. The van der Waals surface area contributed by atoms with E-state index in [1.807, 2.05) is 24.1 Å². The quantitative estimate of drug-likeness (QED) is 0.712. The van der Waals surface area contributed by atoms with Crippen LogP contribution in [0.2, 0.25) is 0 Å². The van der Waals surface area contributed by atoms with Crippen LogP contribution in [-0.2, 0) is 0 Å². The van der Waals surface area contributed by atoms with E-state index >= 15 is 0 Å². The van der Waals surface area contributed by atoms with Crippen LogP contribution in [0.15, 0.2) is 18.2 Å². The van der Waals surface area contributed by atoms with Gasteiger partial charge in [-0.2, -0.15) is 0 Å². The van der Waals surface area contributed by atoms with Gasteiger partial charge < -0.3 is 15.7 Å². The van der Waals surface area contributed by atoms with Gasteiger partial charge in [-0.25, -0.2) is 4.98 Å². The minimum absolute atomic E-state index is 0.367. The van der Waals surface area contributed by atoms with Gasteiger partial charge in [0, 0.05) is 13.6 Å². The Morgan fingerprint density at radius 1 is 1.62 bits per heavy atom. The molecule has 0 bridgehead atoms. The summed E-state index contributed by atoms with van der Waals surface area (Å²) in [5.41, 5.74) is 5.53. The number of nitrogen functional groups attached to an aromatic ring is 1. The average molecular weight is 181 g/mol. The molecule has 0 fully saturated rings. The molecule has 13 heavy (non-hydrogen) atoms. The summed E-state index contributed by atoms with van der Waals surface area (Å²) in [5, 5.41) is 9.15. The SMILES string of the molecule is CC(O)CN(C)c1cccc(N)n1. The zero-order chi connectivity index (χ0) is 9.84. The predicted octanol–water partition coefficient (Wildman–Crippen LogP) is 0.481. The smallest absolute Gasteiger partial charge is 0.130 e. The number of nitrogens with two attached hydrogens (primary N) is 1. The summed E-state index contributed by atoms with van der Waals surface area (Å²) in [6, 6.07) is 5.44. The Balaban J connectivity index is 2.71. The number of hydrogen-bond acceptors (Lipinski definition) is 4. The van der Waals surface area contributed by atoms with E-state index in [1.165, 1.54) is 0 Å². The van der Waals surface area contributed by atoms with E-state index in [9.17, 15) is 0 Å². The highest BCUT2D eigenvalue weighted by atomic mass is 16.3. The number of rotatable bonds is 3. The fraction of sp³-hybridized carbons (Fsp3) is 0.444. The van der Waals surface area contributed by atoms with Gasteiger partial charge in [0.1, 0.15) is 11.6 Å². The summed E-state index contributed by atoms with van der Waals surface area (Å²) in [4.78, 5) is 5.98. The number of hydrogen-bond donors (Lipinski definition) is 2. The number of aliphatic hydroxyl groups is 1. The van der Waals surface area contributed by atoms with E-state index in [0.29, 0.717) is 12.4 Å². The van der Waals surface area contributed by atoms with Crippen LogP contribution in [0, 0.1) is 0 Å². The van der Waals surface area contributed by atoms with Crippen LogP contribution in [-0.4, -0.2) is 29.8 Å². The van der Waals surface area contributed by atoms with E-state index < -0.39 is 0 Å². The van der Waals surface area contributed by atoms with Crippen molar-refractivity contribution in [2.45, 2.75) is 13.0 Å². The summed E-state index contributed by atoms with van der Waals surface area (Å²) < 4.78 is 0. The maximum Gasteiger partial charge on any atom is 0.130 e. The molecule has 0 aliphatic carbocycles. The largest absolute Gasteiger partial charge is 0.392 e. The molecule has 1 aromatic heterocycles. The number of likely N-dealkylation sites (N-methyl/N-ethyl adjacent to an activating group) is 1. The average Bonchev–Trinajstić information content (AvgIpc) is 2.03. The van der Waals surface area contributed by atoms with Crippen molar-refractivity contribution in [2.75, 3.05) is 24.2 Å². The number of aromatic nitrogens is 1. The van der Waals surface area contributed by atoms with Gasteiger partial charge in [-0.05, 0) is 19.1 Å². The van der Waals surface area contributed by atoms with E-state index in [4.69, 9.17) is 10.8 Å². The first-order valence-electron chi connectivity index (χ1n) is 4.21. The molecule has 1 atom stereocenters. The molecule has 4 nitrogen and oxygen atoms in total. The van der Waals surface area contributed by atoms with Crippen molar-refractivity contribution in [3.8, 4) is 0 Å². The molecule has 1 aromatic rings. The summed E-state index contributed by atoms with van der Waals surface area (Å²) in [5.74, 6) is 1.27. The first kappa shape index (κ1) is 9.80. The molecule has 72 valence electrons. The van der Waals surface area contributed by atoms with Crippen molar-refractivity contribution in [2.24, 2.45) is 0 Å². The van der Waals surface area contributed by atoms with E-state index in [0.717, 1.165) is 5.82 Å². The Kier molecular flexibility index (Phi) is 3.08. The van der Waals surface area contributed by atoms with Gasteiger partial charge >= 0.3 is 0 Å². The van der Waals surface area contributed by atoms with Crippen LogP contribution in [0.4, 0.5) is 11.6 Å². The highest BCUT2D eigenvalue weighted by Gasteiger charge is 2.04. The first-order chi connectivity index (χ1) is 6.09. The standard InChI is InChI=1S/C9H15N3O/c1-7(13)6-12(2)9-5-3-4-8(10)11-9/h3-5,7,13H,6H2,1-2H3,(H2,10,11). The highest BCUT2D eigenvalue weighted by Crippen LogP contribution is 2.10. The molecule has 1 heterocycles. The fourth-order valence-corrected chi connectivity index (χ4v) is 1.14. The molecule has 0 saturated carbocycles. The molecular weight excluding hydrogens is 166 g/mol. The van der Waals surface area contributed by atoms with Crippen LogP contribution >= 0.6 is 0 Å². The maximum atomic E-state index is 9.15. The van der Waals surface area contributed by atoms with Gasteiger partial charge in [-0.1, -0.05) is 6.07 Å². The summed E-state index contributed by atoms with van der Waals surface area (Å²) in [6.07, 6.45) is -0.367. The minimum atomic E-state index is -0.367. The lowest BCUT2D eigenvalue weighted by Gasteiger charge is -2.19. The number of pyridine rings is 1. The minimum Gasteiger partial charge on any atom is -0.392 e. The molecule has 1 rings (SSSR count). The third-order valence-electron chi connectivity index (χ3n) is 1.69. The Bertz CT molecular complexity index is 275. The third-order valence-corrected chi connectivity index (χ3v) is 1.69. The first-order valence-corrected chi connectivity index (χ1v) is 4.21. The maximum absolute atomic E-state index is 9.15. The van der Waals surface area contributed by atoms with Crippen molar-refractivity contribution >= 4 is 11.6 Å². The van der Waals surface area contributed by atoms with E-state index in [-0.39, 0.29) is 6.10 Å². The second-order valence-electron chi connectivity index (χ2n) is 3.15. The van der Waals surface area contributed by atoms with Crippen molar-refractivity contribution in [3.05, 3.63) is 18.2 Å². The van der Waals surface area contributed by atoms with Gasteiger partial charge in [-0.15, -0.1) is 0 Å². The van der Waals surface area contributed by atoms with E-state index in [1.54, 1.807) is 13.0 Å². The monoisotopic (exact) mass is 181 g/mol. The molecule has 0 amide bonds. The summed E-state index contributed by atoms with van der Waals surface area (Å²) in [6.45, 7) is 2.29. The van der Waals surface area contributed by atoms with Crippen LogP contribution in [0.3, 0.4) is 0 Å². The molecule has 0 aliphatic heterocycles. The molecule has 4 heteroatoms. The predicted molar refractivity (Wildman–Crippen MR) is 53.6 cm³/mol. The molecular formula is C9H15N3O. The van der Waals surface area contributed by atoms with Crippen molar-refractivity contribution < 1.29 is 5.11 Å². The Morgan fingerprint density at radius 2 is 2.31 bits per heavy atom. The normalized spacial score (nSPS) is 12.5. The molecule has 0 radical (unpaired) electrons. The van der Waals surface area contributed by atoms with Crippen molar-refractivity contribution in [1.82, 2.24) is 4.98 Å². The van der Waals surface area contributed by atoms with Gasteiger partial charge in [-0.3, -0.25) is 0 Å². The lowest BCUT2D eigenvalue weighted by atomic mass is 10.3. The van der Waals surface area contributed by atoms with Crippen LogP contribution in [0.1, 0.15) is 6.92 Å². The van der Waals surface area contributed by atoms with Gasteiger partial charge in [0.15, 0.2) is 0 Å². The van der Waals surface area contributed by atoms with Gasteiger partial charge in [0.05, 0.1) is 6.10 Å². The van der Waals surface area contributed by atoms with Crippen LogP contribution in [0.5, 0.6) is 0 Å². The molecule has 0 aromatic carbocycles. The number of aliphatic hydroxyl groups excluding tert-OH is 1. The zero-order valence-electron chi connectivity index (χ0n) is 7.94. The molecule has 3 N–H and O–H groups in total. The molecule has 0 spiro atoms. The second-order valence-corrected chi connectivity index (χ2v) is 3.15. The van der Waals surface area contributed by atoms with Crippen LogP contribution < -0.4 is 10.6 Å². The Hall–Kier alpha value is -1.29. The van der Waals surface area contributed by atoms with Gasteiger partial charge in [0.2, 0.25) is 0 Å². The Labute approximate surface area is 78.0 Å². The van der Waals surface area contributed by atoms with E-state index in [2.05, 4.69) is 4.98 Å². The highest BCUT2D eigenvalue weighted by molar-refractivity contribution is 5.44. The summed E-state index contributed by atoms with van der Waals surface area (Å²) in [7, 11) is 1.87. The van der Waals surface area contributed by atoms with Gasteiger partial charge in [0.25, 0.3) is 0 Å². The number of nitrogens with zero attached hydrogens (tertiary/aromatic N) is 2. The molecule has 0 saturated heterocycles. The van der Waals surface area contributed by atoms with Crippen molar-refractivity contribution in [3.63, 3.8) is 0 Å². The lowest BCUT2D eigenvalue weighted by Crippen LogP contribution is -2.27. The second kappa shape index (κ2) is 4.09. The zero-order valence-corrected chi connectivity index (χ0v) is 7.94. The lowest BCUT2D eigenvalue weighted by molar-refractivity contribution is 0.201. The molecule has 0 aliphatic rings. The molecule has 1 unspecified atom stereocenters. The summed E-state index contributed by atoms with van der Waals surface area (Å²) >= 11 is 0. The number of anilines is 2. The fourth-order valence-electron chi connectivity index (χ4n) is 1.14. The third kappa shape index (κ3) is 2.91.